The molecule has 4 N–H and O–H groups in total. The molecule has 0 radical (unpaired) electrons. The third kappa shape index (κ3) is 15.9. The van der Waals surface area contributed by atoms with Gasteiger partial charge in [0.05, 0.1) is 12.8 Å². The molecule has 0 aromatic carbocycles. The van der Waals surface area contributed by atoms with Crippen LogP contribution in [0.2, 0.25) is 0 Å². The zero-order valence-corrected chi connectivity index (χ0v) is 22.1. The largest absolute Gasteiger partial charge is 1.00 e. The molecular weight excluding hydrogens is 420 g/mol. The molecule has 3 aliphatic heterocycles. The van der Waals surface area contributed by atoms with Crippen LogP contribution in [-0.4, -0.2) is 56.0 Å². The van der Waals surface area contributed by atoms with Crippen molar-refractivity contribution in [3.63, 3.8) is 0 Å². The van der Waals surface area contributed by atoms with Crippen molar-refractivity contribution < 1.29 is 53.5 Å². The van der Waals surface area contributed by atoms with Gasteiger partial charge in [0.25, 0.3) is 7.41 Å². The van der Waals surface area contributed by atoms with Gasteiger partial charge in [-0.15, -0.1) is 0 Å². The predicted molar refractivity (Wildman–Crippen MR) is 127 cm³/mol. The number of methoxy groups -OCH3 is 1. The predicted octanol–water partition coefficient (Wildman–Crippen LogP) is -2.92. The van der Waals surface area contributed by atoms with E-state index in [4.69, 9.17) is 14.4 Å². The Bertz CT molecular complexity index is 715. The summed E-state index contributed by atoms with van der Waals surface area (Å²) in [7, 11) is 6.24. The minimum atomic E-state index is -0.492. The van der Waals surface area contributed by atoms with E-state index in [0.29, 0.717) is 5.70 Å². The Balaban J connectivity index is 0. The molecular formula is C19H32B3N4NaO5. The maximum Gasteiger partial charge on any atom is 1.00 e. The molecule has 0 atom stereocenters. The van der Waals surface area contributed by atoms with Gasteiger partial charge < -0.3 is 34.8 Å². The summed E-state index contributed by atoms with van der Waals surface area (Å²) in [5, 5.41) is 19.8. The van der Waals surface area contributed by atoms with Crippen molar-refractivity contribution in [2.45, 2.75) is 13.8 Å². The first-order chi connectivity index (χ1) is 15.0. The number of alkyl carbamates (subject to hydrolysis) is 1. The second kappa shape index (κ2) is 21.1. The van der Waals surface area contributed by atoms with Crippen molar-refractivity contribution in [3.8, 4) is 0 Å². The molecule has 0 bridgehead atoms. The molecule has 3 rings (SSSR count). The van der Waals surface area contributed by atoms with E-state index in [-0.39, 0.29) is 43.7 Å². The molecule has 0 spiro atoms. The topological polar surface area (TPSA) is 116 Å². The Kier molecular flexibility index (Phi) is 21.3. The summed E-state index contributed by atoms with van der Waals surface area (Å²) in [6, 6.07) is 0. The Hall–Kier alpha value is -1.82. The van der Waals surface area contributed by atoms with Crippen molar-refractivity contribution in [1.82, 2.24) is 21.0 Å². The van der Waals surface area contributed by atoms with E-state index in [1.165, 1.54) is 18.3 Å². The standard InChI is InChI=1S/C7H11BN2O3.C6H10BNO.C5H8BN.CH3O.Na/c1-12-7(11)10-6-3-4-8(13-2)9-5-6;1-6-3-4-7(9-2)8-5-6;1-5-2-3-6-7-4-5;1-2;/h3-5,9H,1-2H3,(H,10,11);3-5,8H,1-2H3;2-4,6-7H,1H3;1H3;/q;;;-1;+1. The first kappa shape index (κ1) is 32.4. The van der Waals surface area contributed by atoms with Gasteiger partial charge >= 0.3 is 49.8 Å². The molecule has 3 heterocycles. The molecule has 0 aromatic rings. The molecule has 13 heteroatoms. The molecule has 0 aliphatic carbocycles. The summed E-state index contributed by atoms with van der Waals surface area (Å²) in [6.45, 7) is 4.11. The van der Waals surface area contributed by atoms with Gasteiger partial charge in [0.15, 0.2) is 0 Å². The van der Waals surface area contributed by atoms with Gasteiger partial charge in [-0.05, 0) is 43.5 Å². The fourth-order valence-electron chi connectivity index (χ4n) is 2.14. The number of ether oxygens (including phenoxy) is 1. The molecule has 32 heavy (non-hydrogen) atoms. The van der Waals surface area contributed by atoms with E-state index in [1.54, 1.807) is 32.5 Å². The van der Waals surface area contributed by atoms with Gasteiger partial charge in [0.2, 0.25) is 0 Å². The number of allylic oxidation sites excluding steroid dienone is 5. The quantitative estimate of drug-likeness (QED) is 0.337. The summed E-state index contributed by atoms with van der Waals surface area (Å²) < 4.78 is 14.4. The Morgan fingerprint density at radius 2 is 1.50 bits per heavy atom. The number of carbonyl (C=O) groups excluding carboxylic acids is 1. The van der Waals surface area contributed by atoms with E-state index in [1.807, 2.05) is 31.4 Å². The van der Waals surface area contributed by atoms with Crippen LogP contribution >= 0.6 is 0 Å². The number of amides is 1. The second-order valence-corrected chi connectivity index (χ2v) is 6.17. The second-order valence-electron chi connectivity index (χ2n) is 6.17. The smallest absolute Gasteiger partial charge is 0.857 e. The monoisotopic (exact) mass is 452 g/mol. The Labute approximate surface area is 215 Å². The van der Waals surface area contributed by atoms with Crippen molar-refractivity contribution in [2.75, 3.05) is 28.4 Å². The van der Waals surface area contributed by atoms with Crippen LogP contribution in [0.1, 0.15) is 13.8 Å². The molecule has 9 nitrogen and oxygen atoms in total. The third-order valence-electron chi connectivity index (χ3n) is 3.75. The minimum absolute atomic E-state index is 0. The van der Waals surface area contributed by atoms with E-state index >= 15 is 0 Å². The fourth-order valence-corrected chi connectivity index (χ4v) is 2.14. The maximum absolute atomic E-state index is 10.8. The first-order valence-corrected chi connectivity index (χ1v) is 9.62. The SMILES string of the molecule is CC1=CNBC=C1.COB1C=CC(C)=CN1.COB1C=CC(NC(=O)OC)=CN1.C[O-].[Na+]. The van der Waals surface area contributed by atoms with Crippen LogP contribution in [0, 0.1) is 0 Å². The van der Waals surface area contributed by atoms with Crippen LogP contribution < -0.4 is 55.7 Å². The molecule has 1 amide bonds. The molecule has 0 fully saturated rings. The van der Waals surface area contributed by atoms with Gasteiger partial charge in [-0.1, -0.05) is 30.1 Å². The van der Waals surface area contributed by atoms with Crippen LogP contribution in [-0.2, 0) is 14.0 Å². The number of hydrogen-bond donors (Lipinski definition) is 4. The van der Waals surface area contributed by atoms with E-state index in [9.17, 15) is 4.79 Å². The Morgan fingerprint density at radius 3 is 1.84 bits per heavy atom. The van der Waals surface area contributed by atoms with Crippen LogP contribution in [0.4, 0.5) is 4.79 Å². The van der Waals surface area contributed by atoms with Crippen molar-refractivity contribution in [3.05, 3.63) is 71.6 Å². The van der Waals surface area contributed by atoms with Crippen LogP contribution in [0.3, 0.4) is 0 Å². The van der Waals surface area contributed by atoms with Gasteiger partial charge in [-0.25, -0.2) is 4.79 Å². The third-order valence-corrected chi connectivity index (χ3v) is 3.75. The van der Waals surface area contributed by atoms with Gasteiger partial charge in [0, 0.05) is 20.4 Å². The normalized spacial score (nSPS) is 14.7. The van der Waals surface area contributed by atoms with E-state index < -0.39 is 6.09 Å². The molecule has 3 aliphatic rings. The average molecular weight is 452 g/mol. The summed E-state index contributed by atoms with van der Waals surface area (Å²) >= 11 is 0. The number of nitrogens with one attached hydrogen (secondary N) is 4. The van der Waals surface area contributed by atoms with Crippen LogP contribution in [0.5, 0.6) is 0 Å². The number of hydrogen-bond acceptors (Lipinski definition) is 8. The molecule has 0 saturated carbocycles. The summed E-state index contributed by atoms with van der Waals surface area (Å²) in [5.74, 6) is 5.87. The fraction of sp³-hybridized carbons (Fsp3) is 0.316. The van der Waals surface area contributed by atoms with Crippen molar-refractivity contribution in [2.24, 2.45) is 0 Å². The van der Waals surface area contributed by atoms with Gasteiger partial charge in [0.1, 0.15) is 0 Å². The minimum Gasteiger partial charge on any atom is -0.857 e. The van der Waals surface area contributed by atoms with Crippen LogP contribution in [0.15, 0.2) is 71.6 Å². The molecule has 0 aromatic heterocycles. The summed E-state index contributed by atoms with van der Waals surface area (Å²) in [5.41, 5.74) is 3.16. The molecule has 0 unspecified atom stereocenters. The van der Waals surface area contributed by atoms with Crippen molar-refractivity contribution in [1.29, 1.82) is 0 Å². The zero-order valence-electron chi connectivity index (χ0n) is 20.1. The van der Waals surface area contributed by atoms with Crippen molar-refractivity contribution >= 4 is 27.6 Å². The van der Waals surface area contributed by atoms with Gasteiger partial charge in [-0.3, -0.25) is 5.32 Å². The molecule has 168 valence electrons. The molecule has 0 saturated heterocycles. The average Bonchev–Trinajstić information content (AvgIpc) is 2.82. The summed E-state index contributed by atoms with van der Waals surface area (Å²) in [4.78, 5) is 10.8. The number of carbonyl (C=O) groups is 1. The van der Waals surface area contributed by atoms with E-state index in [0.717, 1.165) is 14.5 Å². The Morgan fingerprint density at radius 1 is 0.938 bits per heavy atom. The van der Waals surface area contributed by atoms with Crippen LogP contribution in [0.25, 0.3) is 0 Å². The van der Waals surface area contributed by atoms with E-state index in [2.05, 4.69) is 44.7 Å². The summed E-state index contributed by atoms with van der Waals surface area (Å²) in [6.07, 6.45) is 11.0. The maximum atomic E-state index is 10.8. The van der Waals surface area contributed by atoms with Gasteiger partial charge in [-0.2, -0.15) is 7.11 Å². The first-order valence-electron chi connectivity index (χ1n) is 9.62. The zero-order chi connectivity index (χ0) is 23.5. The number of rotatable bonds is 3.